The Labute approximate surface area is 227 Å². The lowest BCUT2D eigenvalue weighted by molar-refractivity contribution is 0.101. The van der Waals surface area contributed by atoms with Crippen LogP contribution in [0.15, 0.2) is 108 Å². The summed E-state index contributed by atoms with van der Waals surface area (Å²) < 4.78 is 0. The van der Waals surface area contributed by atoms with Gasteiger partial charge in [0.15, 0.2) is 11.6 Å². The summed E-state index contributed by atoms with van der Waals surface area (Å²) in [5, 5.41) is 0. The molecule has 2 fully saturated rings. The van der Waals surface area contributed by atoms with Crippen LogP contribution in [0.2, 0.25) is 0 Å². The largest absolute Gasteiger partial charge is 0.289 e. The second-order valence-electron chi connectivity index (χ2n) is 9.26. The average Bonchev–Trinajstić information content (AvgIpc) is 3.70. The topological polar surface area (TPSA) is 34.1 Å². The summed E-state index contributed by atoms with van der Waals surface area (Å²) in [7, 11) is 0. The first-order valence-electron chi connectivity index (χ1n) is 12.7. The number of carbonyl (C=O) groups is 2. The molecule has 0 aliphatic heterocycles. The highest BCUT2D eigenvalue weighted by Crippen LogP contribution is 2.45. The molecule has 2 nitrogen and oxygen atoms in total. The van der Waals surface area contributed by atoms with Gasteiger partial charge in [-0.2, -0.15) is 0 Å². The lowest BCUT2D eigenvalue weighted by atomic mass is 9.71. The van der Waals surface area contributed by atoms with Crippen LogP contribution in [-0.4, -0.2) is 11.6 Å². The number of Topliss-reactive ketones (excluding diaryl/α,β-unsaturated/α-hetero) is 2. The van der Waals surface area contributed by atoms with Gasteiger partial charge in [-0.3, -0.25) is 9.59 Å². The van der Waals surface area contributed by atoms with Crippen molar-refractivity contribution in [3.05, 3.63) is 188 Å². The van der Waals surface area contributed by atoms with Crippen molar-refractivity contribution in [2.75, 3.05) is 0 Å². The highest BCUT2D eigenvalue weighted by atomic mass is 16.1. The van der Waals surface area contributed by atoms with Crippen LogP contribution in [0.5, 0.6) is 0 Å². The molecule has 38 heavy (non-hydrogen) atoms. The van der Waals surface area contributed by atoms with Crippen LogP contribution in [0.3, 0.4) is 0 Å². The zero-order valence-electron chi connectivity index (χ0n) is 21.3. The fourth-order valence-electron chi connectivity index (χ4n) is 4.89. The fraction of sp³-hybridized carbons (Fsp3) is 0.0556. The molecule has 0 heterocycles. The van der Waals surface area contributed by atoms with Crippen molar-refractivity contribution < 1.29 is 9.59 Å². The molecular weight excluding hydrogens is 464 g/mol. The second-order valence-corrected chi connectivity index (χ2v) is 9.26. The molecule has 2 heteroatoms. The van der Waals surface area contributed by atoms with Gasteiger partial charge < -0.3 is 0 Å². The number of hydrogen-bond donors (Lipinski definition) is 0. The Kier molecular flexibility index (Phi) is 8.48. The first kappa shape index (κ1) is 26.1. The summed E-state index contributed by atoms with van der Waals surface area (Å²) in [5.74, 6) is 1.07. The van der Waals surface area contributed by atoms with Gasteiger partial charge in [-0.1, -0.05) is 97.1 Å². The van der Waals surface area contributed by atoms with Crippen molar-refractivity contribution in [1.82, 2.24) is 0 Å². The van der Waals surface area contributed by atoms with Gasteiger partial charge in [0.1, 0.15) is 0 Å². The van der Waals surface area contributed by atoms with Crippen LogP contribution < -0.4 is 0 Å². The van der Waals surface area contributed by atoms with Crippen molar-refractivity contribution in [2.24, 2.45) is 5.92 Å². The third-order valence-electron chi connectivity index (χ3n) is 6.82. The van der Waals surface area contributed by atoms with E-state index < -0.39 is 5.92 Å². The van der Waals surface area contributed by atoms with E-state index in [0.29, 0.717) is 22.3 Å². The Hall–Kier alpha value is -3.52. The minimum absolute atomic E-state index is 0.0904. The van der Waals surface area contributed by atoms with E-state index in [1.54, 1.807) is 0 Å². The van der Waals surface area contributed by atoms with E-state index in [2.05, 4.69) is 0 Å². The quantitative estimate of drug-likeness (QED) is 0.228. The monoisotopic (exact) mass is 492 g/mol. The summed E-state index contributed by atoms with van der Waals surface area (Å²) in [6.45, 7) is 1.98. The van der Waals surface area contributed by atoms with Gasteiger partial charge in [0.2, 0.25) is 0 Å². The highest BCUT2D eigenvalue weighted by Gasteiger charge is 2.39. The molecule has 0 aromatic heterocycles. The molecule has 0 N–H and O–H groups in total. The summed E-state index contributed by atoms with van der Waals surface area (Å²) in [4.78, 5) is 28.6. The molecule has 3 aromatic rings. The summed E-state index contributed by atoms with van der Waals surface area (Å²) >= 11 is 0. The molecule has 5 rings (SSSR count). The Morgan fingerprint density at radius 3 is 1.55 bits per heavy atom. The van der Waals surface area contributed by atoms with Crippen LogP contribution in [-0.2, 0) is 0 Å². The predicted molar refractivity (Wildman–Crippen MR) is 153 cm³/mol. The minimum atomic E-state index is -0.569. The lowest BCUT2D eigenvalue weighted by Gasteiger charge is -2.30. The van der Waals surface area contributed by atoms with Gasteiger partial charge in [0, 0.05) is 34.1 Å². The van der Waals surface area contributed by atoms with Crippen molar-refractivity contribution >= 4 is 17.1 Å². The smallest absolute Gasteiger partial charge is 0.189 e. The molecule has 10 radical (unpaired) electrons. The van der Waals surface area contributed by atoms with Gasteiger partial charge >= 0.3 is 0 Å². The van der Waals surface area contributed by atoms with E-state index in [-0.39, 0.29) is 11.6 Å². The number of carbonyl (C=O) groups excluding carboxylic acids is 2. The first-order valence-corrected chi connectivity index (χ1v) is 12.7. The maximum Gasteiger partial charge on any atom is 0.189 e. The second kappa shape index (κ2) is 12.3. The number of allylic oxidation sites excluding steroid dienone is 4. The molecule has 2 aliphatic carbocycles. The zero-order valence-corrected chi connectivity index (χ0v) is 21.3. The first-order chi connectivity index (χ1) is 18.6. The Morgan fingerprint density at radius 2 is 1.03 bits per heavy atom. The fourth-order valence-corrected chi connectivity index (χ4v) is 4.89. The maximum absolute atomic E-state index is 14.4. The summed E-state index contributed by atoms with van der Waals surface area (Å²) in [6, 6.07) is 28.5. The average molecular weight is 493 g/mol. The normalized spacial score (nSPS) is 18.3. The molecule has 0 bridgehead atoms. The van der Waals surface area contributed by atoms with E-state index in [1.807, 2.05) is 155 Å². The van der Waals surface area contributed by atoms with E-state index >= 15 is 0 Å². The van der Waals surface area contributed by atoms with Crippen molar-refractivity contribution in [2.45, 2.75) is 6.92 Å². The maximum atomic E-state index is 14.4. The van der Waals surface area contributed by atoms with E-state index in [0.717, 1.165) is 23.0 Å². The van der Waals surface area contributed by atoms with Gasteiger partial charge in [-0.25, -0.2) is 0 Å². The number of hydrogen-bond acceptors (Lipinski definition) is 2. The van der Waals surface area contributed by atoms with Gasteiger partial charge in [0.25, 0.3) is 0 Å². The molecule has 2 saturated carbocycles. The van der Waals surface area contributed by atoms with Crippen molar-refractivity contribution in [3.63, 3.8) is 0 Å². The highest BCUT2D eigenvalue weighted by molar-refractivity contribution is 6.17. The molecule has 1 atom stereocenters. The molecule has 3 aromatic carbocycles. The predicted octanol–water partition coefficient (Wildman–Crippen LogP) is 7.58. The van der Waals surface area contributed by atoms with Crippen LogP contribution in [0.4, 0.5) is 0 Å². The Balaban J connectivity index is 1.73. The number of ketones is 2. The van der Waals surface area contributed by atoms with Gasteiger partial charge in [-0.15, -0.1) is 0 Å². The van der Waals surface area contributed by atoms with Gasteiger partial charge in [0.05, 0.1) is 0 Å². The number of rotatable bonds is 9. The molecular formula is C36H28O2. The van der Waals surface area contributed by atoms with E-state index in [1.165, 1.54) is 0 Å². The summed E-state index contributed by atoms with van der Waals surface area (Å²) in [6.07, 6.45) is 17.7. The third kappa shape index (κ3) is 5.80. The standard InChI is InChI=1S/C36H28O2/c1-26(28-17-5-2-6-18-28)33(36(38)31-23-9-4-10-24-31)34(29-19-13-14-20-29)32(25-27-15-11-12-16-27)35(37)30-21-7-3-8-22-30/h2-25,34H,1H3/b32-25-,33-26-. The Morgan fingerprint density at radius 1 is 0.579 bits per heavy atom. The molecule has 0 amide bonds. The van der Waals surface area contributed by atoms with Crippen LogP contribution >= 0.6 is 0 Å². The molecule has 2 aliphatic rings. The molecule has 1 unspecified atom stereocenters. The molecule has 0 spiro atoms. The van der Waals surface area contributed by atoms with E-state index in [4.69, 9.17) is 0 Å². The van der Waals surface area contributed by atoms with Crippen molar-refractivity contribution in [3.8, 4) is 0 Å². The van der Waals surface area contributed by atoms with Crippen LogP contribution in [0.25, 0.3) is 5.57 Å². The SMILES string of the molecule is C/C(=C(/C(=O)c1ccccc1)C([C]1[CH][CH][CH][CH]1)/C(=C/[C]1[CH][CH][CH][CH]1)C(=O)c1ccccc1)c1ccccc1. The minimum Gasteiger partial charge on any atom is -0.289 e. The van der Waals surface area contributed by atoms with Crippen LogP contribution in [0, 0.1) is 69.1 Å². The summed E-state index contributed by atoms with van der Waals surface area (Å²) in [5.41, 5.74) is 4.13. The van der Waals surface area contributed by atoms with Crippen LogP contribution in [0.1, 0.15) is 33.2 Å². The van der Waals surface area contributed by atoms with Gasteiger partial charge in [-0.05, 0) is 75.3 Å². The van der Waals surface area contributed by atoms with Crippen molar-refractivity contribution in [1.29, 1.82) is 0 Å². The molecule has 0 saturated heterocycles. The zero-order chi connectivity index (χ0) is 26.3. The third-order valence-corrected chi connectivity index (χ3v) is 6.82. The lowest BCUT2D eigenvalue weighted by Crippen LogP contribution is -2.27. The van der Waals surface area contributed by atoms with E-state index in [9.17, 15) is 9.59 Å². The Bertz CT molecular complexity index is 1290. The molecule has 184 valence electrons. The number of benzene rings is 3.